The van der Waals surface area contributed by atoms with Gasteiger partial charge in [-0.05, 0) is 38.4 Å². The number of ether oxygens (including phenoxy) is 1. The van der Waals surface area contributed by atoms with Crippen molar-refractivity contribution in [1.29, 1.82) is 0 Å². The summed E-state index contributed by atoms with van der Waals surface area (Å²) in [6, 6.07) is 6.09. The average Bonchev–Trinajstić information content (AvgIpc) is 2.36. The number of rotatable bonds is 8. The second-order valence-electron chi connectivity index (χ2n) is 4.27. The third-order valence-electron chi connectivity index (χ3n) is 2.64. The van der Waals surface area contributed by atoms with Crippen molar-refractivity contribution in [2.24, 2.45) is 5.14 Å². The lowest BCUT2D eigenvalue weighted by atomic mass is 10.3. The summed E-state index contributed by atoms with van der Waals surface area (Å²) in [6.07, 6.45) is 0. The van der Waals surface area contributed by atoms with E-state index in [1.165, 1.54) is 12.1 Å². The summed E-state index contributed by atoms with van der Waals surface area (Å²) in [5.74, 6) is 0.634. The quantitative estimate of drug-likeness (QED) is 0.695. The molecule has 1 rings (SSSR count). The smallest absolute Gasteiger partial charge is 0.238 e. The Morgan fingerprint density at radius 1 is 1.26 bits per heavy atom. The van der Waals surface area contributed by atoms with Crippen molar-refractivity contribution in [2.45, 2.75) is 4.90 Å². The molecular formula is C12H21N3O3S. The molecule has 0 spiro atoms. The summed E-state index contributed by atoms with van der Waals surface area (Å²) >= 11 is 0. The van der Waals surface area contributed by atoms with Gasteiger partial charge < -0.3 is 15.0 Å². The molecule has 1 aromatic rings. The molecule has 0 bridgehead atoms. The fourth-order valence-electron chi connectivity index (χ4n) is 1.46. The average molecular weight is 287 g/mol. The molecule has 0 amide bonds. The molecule has 0 radical (unpaired) electrons. The van der Waals surface area contributed by atoms with Gasteiger partial charge in [-0.15, -0.1) is 0 Å². The largest absolute Gasteiger partial charge is 0.492 e. The highest BCUT2D eigenvalue weighted by Crippen LogP contribution is 2.14. The zero-order chi connectivity index (χ0) is 14.3. The van der Waals surface area contributed by atoms with E-state index in [2.05, 4.69) is 10.2 Å². The molecule has 0 aliphatic heterocycles. The van der Waals surface area contributed by atoms with Gasteiger partial charge >= 0.3 is 0 Å². The molecule has 0 saturated carbocycles. The second-order valence-corrected chi connectivity index (χ2v) is 5.83. The molecule has 0 unspecified atom stereocenters. The van der Waals surface area contributed by atoms with Gasteiger partial charge in [-0.2, -0.15) is 0 Å². The minimum atomic E-state index is -3.63. The summed E-state index contributed by atoms with van der Waals surface area (Å²) in [6.45, 7) is 3.23. The molecule has 3 N–H and O–H groups in total. The predicted molar refractivity (Wildman–Crippen MR) is 74.7 cm³/mol. The van der Waals surface area contributed by atoms with Crippen molar-refractivity contribution < 1.29 is 13.2 Å². The fraction of sp³-hybridized carbons (Fsp3) is 0.500. The van der Waals surface area contributed by atoms with Gasteiger partial charge in [-0.25, -0.2) is 13.6 Å². The molecule has 0 aliphatic rings. The number of sulfonamides is 1. The van der Waals surface area contributed by atoms with Crippen LogP contribution in [0.1, 0.15) is 0 Å². The highest BCUT2D eigenvalue weighted by atomic mass is 32.2. The molecule has 0 aromatic heterocycles. The first-order chi connectivity index (χ1) is 8.93. The number of hydrogen-bond donors (Lipinski definition) is 2. The van der Waals surface area contributed by atoms with Crippen molar-refractivity contribution in [3.63, 3.8) is 0 Å². The maximum Gasteiger partial charge on any atom is 0.238 e. The fourth-order valence-corrected chi connectivity index (χ4v) is 1.97. The molecular weight excluding hydrogens is 266 g/mol. The van der Waals surface area contributed by atoms with E-state index in [0.717, 1.165) is 19.6 Å². The van der Waals surface area contributed by atoms with Crippen LogP contribution in [-0.4, -0.2) is 53.7 Å². The van der Waals surface area contributed by atoms with E-state index in [-0.39, 0.29) is 4.90 Å². The van der Waals surface area contributed by atoms with Crippen LogP contribution in [0.3, 0.4) is 0 Å². The monoisotopic (exact) mass is 287 g/mol. The van der Waals surface area contributed by atoms with Gasteiger partial charge in [0.2, 0.25) is 10.0 Å². The van der Waals surface area contributed by atoms with Crippen LogP contribution in [0.25, 0.3) is 0 Å². The third-order valence-corrected chi connectivity index (χ3v) is 3.57. The molecule has 0 fully saturated rings. The minimum absolute atomic E-state index is 0.0889. The molecule has 0 saturated heterocycles. The molecule has 7 heteroatoms. The molecule has 0 aliphatic carbocycles. The normalized spacial score (nSPS) is 11.8. The summed E-state index contributed by atoms with van der Waals surface area (Å²) in [7, 11) is 0.298. The van der Waals surface area contributed by atoms with Crippen LogP contribution in [-0.2, 0) is 10.0 Å². The zero-order valence-corrected chi connectivity index (χ0v) is 12.1. The Morgan fingerprint density at radius 3 is 2.42 bits per heavy atom. The first kappa shape index (κ1) is 15.9. The van der Waals surface area contributed by atoms with Crippen LogP contribution in [0.4, 0.5) is 0 Å². The summed E-state index contributed by atoms with van der Waals surface area (Å²) in [5, 5.41) is 8.09. The van der Waals surface area contributed by atoms with Crippen LogP contribution < -0.4 is 15.2 Å². The van der Waals surface area contributed by atoms with E-state index < -0.39 is 10.0 Å². The molecule has 0 heterocycles. The zero-order valence-electron chi connectivity index (χ0n) is 11.3. The van der Waals surface area contributed by atoms with Gasteiger partial charge in [0.15, 0.2) is 0 Å². The molecule has 19 heavy (non-hydrogen) atoms. The van der Waals surface area contributed by atoms with E-state index in [4.69, 9.17) is 9.88 Å². The number of benzene rings is 1. The van der Waals surface area contributed by atoms with Crippen molar-refractivity contribution in [2.75, 3.05) is 40.3 Å². The molecule has 108 valence electrons. The van der Waals surface area contributed by atoms with Crippen LogP contribution in [0, 0.1) is 0 Å². The van der Waals surface area contributed by atoms with E-state index >= 15 is 0 Å². The van der Waals surface area contributed by atoms with Crippen molar-refractivity contribution in [3.8, 4) is 5.75 Å². The van der Waals surface area contributed by atoms with Crippen molar-refractivity contribution in [3.05, 3.63) is 24.3 Å². The summed E-state index contributed by atoms with van der Waals surface area (Å²) in [4.78, 5) is 2.24. The number of hydrogen-bond acceptors (Lipinski definition) is 5. The van der Waals surface area contributed by atoms with E-state index in [1.54, 1.807) is 12.1 Å². The SMILES string of the molecule is CNCCN(C)CCOc1ccc(S(N)(=O)=O)cc1. The van der Waals surface area contributed by atoms with E-state index in [9.17, 15) is 8.42 Å². The van der Waals surface area contributed by atoms with Gasteiger partial charge in [0.1, 0.15) is 12.4 Å². The number of primary sulfonamides is 1. The molecule has 0 atom stereocenters. The maximum atomic E-state index is 11.1. The second kappa shape index (κ2) is 7.44. The Kier molecular flexibility index (Phi) is 6.23. The standard InChI is InChI=1S/C12H21N3O3S/c1-14-7-8-15(2)9-10-18-11-3-5-12(6-4-11)19(13,16)17/h3-6,14H,7-10H2,1-2H3,(H2,13,16,17). The van der Waals surface area contributed by atoms with Gasteiger partial charge in [-0.1, -0.05) is 0 Å². The van der Waals surface area contributed by atoms with Gasteiger partial charge in [0, 0.05) is 19.6 Å². The first-order valence-electron chi connectivity index (χ1n) is 6.02. The first-order valence-corrected chi connectivity index (χ1v) is 7.57. The Hall–Kier alpha value is -1.15. The van der Waals surface area contributed by atoms with Crippen LogP contribution in [0.2, 0.25) is 0 Å². The number of nitrogens with two attached hydrogens (primary N) is 1. The minimum Gasteiger partial charge on any atom is -0.492 e. The van der Waals surface area contributed by atoms with Crippen LogP contribution in [0.15, 0.2) is 29.2 Å². The van der Waals surface area contributed by atoms with Gasteiger partial charge in [0.05, 0.1) is 4.90 Å². The van der Waals surface area contributed by atoms with Crippen LogP contribution in [0.5, 0.6) is 5.75 Å². The number of nitrogens with zero attached hydrogens (tertiary/aromatic N) is 1. The summed E-state index contributed by atoms with van der Waals surface area (Å²) < 4.78 is 27.7. The third kappa shape index (κ3) is 6.02. The van der Waals surface area contributed by atoms with Crippen LogP contribution >= 0.6 is 0 Å². The Morgan fingerprint density at radius 2 is 1.89 bits per heavy atom. The van der Waals surface area contributed by atoms with E-state index in [0.29, 0.717) is 12.4 Å². The van der Waals surface area contributed by atoms with Crippen molar-refractivity contribution in [1.82, 2.24) is 10.2 Å². The highest BCUT2D eigenvalue weighted by molar-refractivity contribution is 7.89. The Labute approximate surface area is 114 Å². The lowest BCUT2D eigenvalue weighted by Crippen LogP contribution is -2.30. The molecule has 1 aromatic carbocycles. The predicted octanol–water partition coefficient (Wildman–Crippen LogP) is -0.136. The van der Waals surface area contributed by atoms with Gasteiger partial charge in [0.25, 0.3) is 0 Å². The summed E-state index contributed by atoms with van der Waals surface area (Å²) in [5.41, 5.74) is 0. The molecule has 6 nitrogen and oxygen atoms in total. The lowest BCUT2D eigenvalue weighted by Gasteiger charge is -2.16. The topological polar surface area (TPSA) is 84.7 Å². The lowest BCUT2D eigenvalue weighted by molar-refractivity contribution is 0.238. The van der Waals surface area contributed by atoms with Crippen molar-refractivity contribution >= 4 is 10.0 Å². The van der Waals surface area contributed by atoms with E-state index in [1.807, 2.05) is 14.1 Å². The Bertz CT molecular complexity index is 473. The Balaban J connectivity index is 2.38. The highest BCUT2D eigenvalue weighted by Gasteiger charge is 2.07. The number of likely N-dealkylation sites (N-methyl/N-ethyl adjacent to an activating group) is 2. The van der Waals surface area contributed by atoms with Gasteiger partial charge in [-0.3, -0.25) is 0 Å². The number of nitrogens with one attached hydrogen (secondary N) is 1. The maximum absolute atomic E-state index is 11.1.